The highest BCUT2D eigenvalue weighted by Gasteiger charge is 1.95. The molecule has 0 fully saturated rings. The van der Waals surface area contributed by atoms with E-state index in [1.54, 1.807) is 0 Å². The Hall–Kier alpha value is -0.790. The normalized spacial score (nSPS) is 9.42. The van der Waals surface area contributed by atoms with Gasteiger partial charge in [0.2, 0.25) is 0 Å². The molecule has 0 bridgehead atoms. The van der Waals surface area contributed by atoms with Crippen LogP contribution in [-0.4, -0.2) is 5.97 Å². The van der Waals surface area contributed by atoms with Gasteiger partial charge in [0, 0.05) is 6.08 Å². The lowest BCUT2D eigenvalue weighted by molar-refractivity contribution is -0.134. The van der Waals surface area contributed by atoms with Crippen LogP contribution in [0.25, 0.3) is 0 Å². The van der Waals surface area contributed by atoms with Crippen LogP contribution < -0.4 is 0 Å². The van der Waals surface area contributed by atoms with E-state index in [0.717, 1.165) is 38.2 Å². The van der Waals surface area contributed by atoms with Crippen LogP contribution in [0, 0.1) is 13.5 Å². The molecule has 0 N–H and O–H groups in total. The molecule has 0 heterocycles. The van der Waals surface area contributed by atoms with Crippen molar-refractivity contribution in [3.05, 3.63) is 26.2 Å². The molecule has 2 nitrogen and oxygen atoms in total. The summed E-state index contributed by atoms with van der Waals surface area (Å²) in [5, 5.41) is 0. The molecule has 0 aromatic carbocycles. The van der Waals surface area contributed by atoms with Crippen LogP contribution in [0.2, 0.25) is 0 Å². The molecule has 0 aromatic heterocycles. The second kappa shape index (κ2) is 8.31. The van der Waals surface area contributed by atoms with E-state index in [0.29, 0.717) is 0 Å². The molecule has 12 heavy (non-hydrogen) atoms. The lowest BCUT2D eigenvalue weighted by Crippen LogP contribution is -1.96. The molecule has 0 atom stereocenters. The summed E-state index contributed by atoms with van der Waals surface area (Å²) < 4.78 is 4.67. The summed E-state index contributed by atoms with van der Waals surface area (Å²) >= 11 is 0. The van der Waals surface area contributed by atoms with Crippen LogP contribution in [0.3, 0.4) is 0 Å². The van der Waals surface area contributed by atoms with Crippen LogP contribution in [0.15, 0.2) is 12.7 Å². The standard InChI is InChI=1S/C10H16O2/c1-3-5-6-7-8-9-12-10(11)4-2/h4,9H,1-3,5-8H2. The second-order valence-corrected chi connectivity index (χ2v) is 2.51. The Morgan fingerprint density at radius 3 is 2.67 bits per heavy atom. The van der Waals surface area contributed by atoms with Gasteiger partial charge in [-0.05, 0) is 12.8 Å². The van der Waals surface area contributed by atoms with Gasteiger partial charge in [0.15, 0.2) is 0 Å². The minimum absolute atomic E-state index is 0.382. The van der Waals surface area contributed by atoms with Crippen LogP contribution in [0.5, 0.6) is 0 Å². The SMILES string of the molecule is [CH2]CCCCC[CH]OC(=O)C=C. The monoisotopic (exact) mass is 168 g/mol. The van der Waals surface area contributed by atoms with Crippen molar-refractivity contribution in [1.82, 2.24) is 0 Å². The summed E-state index contributed by atoms with van der Waals surface area (Å²) in [5.41, 5.74) is 0. The van der Waals surface area contributed by atoms with Crippen LogP contribution >= 0.6 is 0 Å². The molecule has 0 saturated carbocycles. The third kappa shape index (κ3) is 7.32. The van der Waals surface area contributed by atoms with Crippen molar-refractivity contribution in [3.63, 3.8) is 0 Å². The summed E-state index contributed by atoms with van der Waals surface area (Å²) in [6.45, 7) is 8.56. The molecular weight excluding hydrogens is 152 g/mol. The number of carbonyl (C=O) groups is 1. The van der Waals surface area contributed by atoms with Gasteiger partial charge in [-0.15, -0.1) is 0 Å². The fourth-order valence-corrected chi connectivity index (χ4v) is 0.770. The number of hydrogen-bond acceptors (Lipinski definition) is 2. The fourth-order valence-electron chi connectivity index (χ4n) is 0.770. The Kier molecular flexibility index (Phi) is 7.76. The molecule has 68 valence electrons. The average Bonchev–Trinajstić information content (AvgIpc) is 2.10. The predicted octanol–water partition coefficient (Wildman–Crippen LogP) is 2.66. The van der Waals surface area contributed by atoms with E-state index in [1.807, 2.05) is 0 Å². The van der Waals surface area contributed by atoms with Crippen molar-refractivity contribution in [2.24, 2.45) is 0 Å². The number of rotatable bonds is 7. The molecule has 0 unspecified atom stereocenters. The van der Waals surface area contributed by atoms with Gasteiger partial charge in [-0.2, -0.15) is 0 Å². The molecule has 0 aliphatic heterocycles. The highest BCUT2D eigenvalue weighted by molar-refractivity contribution is 5.81. The highest BCUT2D eigenvalue weighted by atomic mass is 16.5. The van der Waals surface area contributed by atoms with Crippen molar-refractivity contribution in [2.75, 3.05) is 0 Å². The third-order valence-corrected chi connectivity index (χ3v) is 1.44. The Labute approximate surface area is 74.6 Å². The predicted molar refractivity (Wildman–Crippen MR) is 49.0 cm³/mol. The Morgan fingerprint density at radius 1 is 1.33 bits per heavy atom. The molecule has 0 saturated heterocycles. The molecule has 2 heteroatoms. The lowest BCUT2D eigenvalue weighted by atomic mass is 10.2. The first-order valence-electron chi connectivity index (χ1n) is 4.25. The van der Waals surface area contributed by atoms with Gasteiger partial charge in [-0.1, -0.05) is 32.8 Å². The molecule has 0 aliphatic rings. The molecule has 0 amide bonds. The highest BCUT2D eigenvalue weighted by Crippen LogP contribution is 2.04. The van der Waals surface area contributed by atoms with E-state index < -0.39 is 0 Å². The van der Waals surface area contributed by atoms with E-state index in [1.165, 1.54) is 6.61 Å². The first-order valence-corrected chi connectivity index (χ1v) is 4.25. The van der Waals surface area contributed by atoms with Crippen molar-refractivity contribution in [1.29, 1.82) is 0 Å². The Bertz CT molecular complexity index is 130. The lowest BCUT2D eigenvalue weighted by Gasteiger charge is -1.99. The van der Waals surface area contributed by atoms with Crippen LogP contribution in [0.4, 0.5) is 0 Å². The van der Waals surface area contributed by atoms with E-state index in [9.17, 15) is 4.79 Å². The van der Waals surface area contributed by atoms with Crippen molar-refractivity contribution in [2.45, 2.75) is 32.1 Å². The zero-order valence-electron chi connectivity index (χ0n) is 7.42. The van der Waals surface area contributed by atoms with Gasteiger partial charge >= 0.3 is 5.97 Å². The zero-order chi connectivity index (χ0) is 9.23. The summed E-state index contributed by atoms with van der Waals surface area (Å²) in [7, 11) is 0. The summed E-state index contributed by atoms with van der Waals surface area (Å²) in [4.78, 5) is 10.5. The molecule has 0 aliphatic carbocycles. The van der Waals surface area contributed by atoms with E-state index >= 15 is 0 Å². The maximum atomic E-state index is 10.5. The number of unbranched alkanes of at least 4 members (excludes halogenated alkanes) is 4. The van der Waals surface area contributed by atoms with Crippen molar-refractivity contribution < 1.29 is 9.53 Å². The average molecular weight is 168 g/mol. The van der Waals surface area contributed by atoms with Crippen molar-refractivity contribution >= 4 is 5.97 Å². The fraction of sp³-hybridized carbons (Fsp3) is 0.500. The number of esters is 1. The molecule has 0 spiro atoms. The third-order valence-electron chi connectivity index (χ3n) is 1.44. The molecule has 0 aromatic rings. The minimum atomic E-state index is -0.382. The maximum Gasteiger partial charge on any atom is 0.330 e. The quantitative estimate of drug-likeness (QED) is 0.332. The maximum absolute atomic E-state index is 10.5. The van der Waals surface area contributed by atoms with Gasteiger partial charge in [0.1, 0.15) is 6.61 Å². The smallest absolute Gasteiger partial charge is 0.330 e. The second-order valence-electron chi connectivity index (χ2n) is 2.51. The summed E-state index contributed by atoms with van der Waals surface area (Å²) in [6, 6.07) is 0. The first-order chi connectivity index (χ1) is 5.81. The Balaban J connectivity index is 3.00. The van der Waals surface area contributed by atoms with E-state index in [-0.39, 0.29) is 5.97 Å². The number of ether oxygens (including phenoxy) is 1. The first kappa shape index (κ1) is 11.2. The van der Waals surface area contributed by atoms with Crippen LogP contribution in [-0.2, 0) is 9.53 Å². The number of carbonyl (C=O) groups excluding carboxylic acids is 1. The van der Waals surface area contributed by atoms with Gasteiger partial charge < -0.3 is 4.74 Å². The topological polar surface area (TPSA) is 26.3 Å². The van der Waals surface area contributed by atoms with E-state index in [4.69, 9.17) is 0 Å². The van der Waals surface area contributed by atoms with Gasteiger partial charge in [-0.3, -0.25) is 0 Å². The van der Waals surface area contributed by atoms with Crippen molar-refractivity contribution in [3.8, 4) is 0 Å². The van der Waals surface area contributed by atoms with Crippen LogP contribution in [0.1, 0.15) is 32.1 Å². The summed E-state index contributed by atoms with van der Waals surface area (Å²) in [6.07, 6.45) is 6.30. The zero-order valence-corrected chi connectivity index (χ0v) is 7.42. The minimum Gasteiger partial charge on any atom is -0.455 e. The Morgan fingerprint density at radius 2 is 2.08 bits per heavy atom. The summed E-state index contributed by atoms with van der Waals surface area (Å²) in [5.74, 6) is -0.382. The molecular formula is C10H16O2. The largest absolute Gasteiger partial charge is 0.455 e. The van der Waals surface area contributed by atoms with E-state index in [2.05, 4.69) is 18.2 Å². The molecule has 0 rings (SSSR count). The molecule has 2 radical (unpaired) electrons. The van der Waals surface area contributed by atoms with Gasteiger partial charge in [-0.25, -0.2) is 4.79 Å². The number of hydrogen-bond donors (Lipinski definition) is 0. The van der Waals surface area contributed by atoms with Gasteiger partial charge in [0.05, 0.1) is 0 Å². The van der Waals surface area contributed by atoms with Gasteiger partial charge in [0.25, 0.3) is 0 Å².